The number of carbonyl (C=O) groups excluding carboxylic acids is 2. The summed E-state index contributed by atoms with van der Waals surface area (Å²) in [4.78, 5) is 23.9. The second-order valence-corrected chi connectivity index (χ2v) is 6.58. The molecule has 2 atom stereocenters. The Morgan fingerprint density at radius 2 is 1.80 bits per heavy atom. The molecule has 0 spiro atoms. The fourth-order valence-corrected chi connectivity index (χ4v) is 2.98. The van der Waals surface area contributed by atoms with Gasteiger partial charge in [-0.2, -0.15) is 0 Å². The number of carbonyl (C=O) groups is 2. The van der Waals surface area contributed by atoms with Crippen LogP contribution in [-0.4, -0.2) is 11.8 Å². The molecule has 0 fully saturated rings. The lowest BCUT2D eigenvalue weighted by Gasteiger charge is -2.21. The van der Waals surface area contributed by atoms with E-state index in [0.29, 0.717) is 6.42 Å². The van der Waals surface area contributed by atoms with Gasteiger partial charge in [-0.3, -0.25) is 9.59 Å². The molecule has 1 aliphatic rings. The Morgan fingerprint density at radius 1 is 1.12 bits per heavy atom. The maximum absolute atomic E-state index is 12.5. The van der Waals surface area contributed by atoms with Crippen molar-refractivity contribution in [3.05, 3.63) is 64.7 Å². The average Bonchev–Trinajstić information content (AvgIpc) is 2.61. The molecule has 0 bridgehead atoms. The van der Waals surface area contributed by atoms with Crippen molar-refractivity contribution in [3.63, 3.8) is 0 Å². The smallest absolute Gasteiger partial charge is 0.241 e. The topological polar surface area (TPSA) is 84.2 Å². The van der Waals surface area contributed by atoms with Crippen molar-refractivity contribution < 1.29 is 9.59 Å². The molecule has 1 aliphatic heterocycles. The second kappa shape index (κ2) is 7.07. The van der Waals surface area contributed by atoms with Gasteiger partial charge in [-0.05, 0) is 43.0 Å². The van der Waals surface area contributed by atoms with Crippen molar-refractivity contribution in [1.29, 1.82) is 0 Å². The van der Waals surface area contributed by atoms with Crippen LogP contribution in [0.3, 0.4) is 0 Å². The van der Waals surface area contributed by atoms with Crippen molar-refractivity contribution in [2.45, 2.75) is 38.8 Å². The molecule has 25 heavy (non-hydrogen) atoms. The van der Waals surface area contributed by atoms with Crippen LogP contribution in [0, 0.1) is 6.92 Å². The Kier molecular flexibility index (Phi) is 4.86. The van der Waals surface area contributed by atoms with Gasteiger partial charge in [0.25, 0.3) is 0 Å². The molecule has 0 aliphatic carbocycles. The summed E-state index contributed by atoms with van der Waals surface area (Å²) in [5, 5.41) is 5.84. The van der Waals surface area contributed by atoms with E-state index >= 15 is 0 Å². The SMILES string of the molecule is Cc1ccc(C(N)C(=O)NC(C)c2ccc3c(c2)CCC(=O)N3)cc1. The number of anilines is 1. The zero-order valence-electron chi connectivity index (χ0n) is 14.5. The van der Waals surface area contributed by atoms with Crippen LogP contribution in [0.1, 0.15) is 47.7 Å². The van der Waals surface area contributed by atoms with Gasteiger partial charge >= 0.3 is 0 Å². The minimum atomic E-state index is -0.694. The lowest BCUT2D eigenvalue weighted by molar-refractivity contribution is -0.123. The van der Waals surface area contributed by atoms with Crippen molar-refractivity contribution in [3.8, 4) is 0 Å². The quantitative estimate of drug-likeness (QED) is 0.802. The minimum absolute atomic E-state index is 0.0469. The first-order chi connectivity index (χ1) is 11.9. The third-order valence-corrected chi connectivity index (χ3v) is 4.60. The van der Waals surface area contributed by atoms with Crippen LogP contribution in [0.25, 0.3) is 0 Å². The van der Waals surface area contributed by atoms with Crippen LogP contribution >= 0.6 is 0 Å². The number of hydrogen-bond donors (Lipinski definition) is 3. The van der Waals surface area contributed by atoms with Gasteiger partial charge in [0.15, 0.2) is 0 Å². The minimum Gasteiger partial charge on any atom is -0.348 e. The van der Waals surface area contributed by atoms with Crippen LogP contribution in [-0.2, 0) is 16.0 Å². The van der Waals surface area contributed by atoms with Crippen LogP contribution in [0.4, 0.5) is 5.69 Å². The summed E-state index contributed by atoms with van der Waals surface area (Å²) in [7, 11) is 0. The largest absolute Gasteiger partial charge is 0.348 e. The van der Waals surface area contributed by atoms with Crippen molar-refractivity contribution in [2.75, 3.05) is 5.32 Å². The van der Waals surface area contributed by atoms with E-state index in [0.717, 1.165) is 34.4 Å². The number of hydrogen-bond acceptors (Lipinski definition) is 3. The van der Waals surface area contributed by atoms with E-state index in [1.54, 1.807) is 0 Å². The molecular weight excluding hydrogens is 314 g/mol. The highest BCUT2D eigenvalue weighted by molar-refractivity contribution is 5.94. The highest BCUT2D eigenvalue weighted by atomic mass is 16.2. The van der Waals surface area contributed by atoms with E-state index < -0.39 is 6.04 Å². The monoisotopic (exact) mass is 337 g/mol. The van der Waals surface area contributed by atoms with Gasteiger partial charge in [-0.25, -0.2) is 0 Å². The van der Waals surface area contributed by atoms with Crippen molar-refractivity contribution in [2.24, 2.45) is 5.73 Å². The predicted molar refractivity (Wildman–Crippen MR) is 98.1 cm³/mol. The maximum atomic E-state index is 12.5. The number of rotatable bonds is 4. The highest BCUT2D eigenvalue weighted by Gasteiger charge is 2.20. The Bertz CT molecular complexity index is 799. The molecule has 5 heteroatoms. The first-order valence-corrected chi connectivity index (χ1v) is 8.49. The summed E-state index contributed by atoms with van der Waals surface area (Å²) in [5.74, 6) is -0.159. The van der Waals surface area contributed by atoms with Gasteiger partial charge in [0, 0.05) is 12.1 Å². The Hall–Kier alpha value is -2.66. The van der Waals surface area contributed by atoms with Gasteiger partial charge < -0.3 is 16.4 Å². The zero-order valence-corrected chi connectivity index (χ0v) is 14.5. The lowest BCUT2D eigenvalue weighted by Crippen LogP contribution is -2.35. The first kappa shape index (κ1) is 17.2. The molecule has 4 N–H and O–H groups in total. The summed E-state index contributed by atoms with van der Waals surface area (Å²) >= 11 is 0. The van der Waals surface area contributed by atoms with Crippen molar-refractivity contribution >= 4 is 17.5 Å². The molecule has 5 nitrogen and oxygen atoms in total. The van der Waals surface area contributed by atoms with Gasteiger partial charge in [-0.1, -0.05) is 42.0 Å². The fraction of sp³-hybridized carbons (Fsp3) is 0.300. The number of nitrogens with one attached hydrogen (secondary N) is 2. The van der Waals surface area contributed by atoms with Crippen LogP contribution in [0.15, 0.2) is 42.5 Å². The summed E-state index contributed by atoms with van der Waals surface area (Å²) in [5.41, 5.74) is 11.0. The number of fused-ring (bicyclic) bond motifs is 1. The summed E-state index contributed by atoms with van der Waals surface area (Å²) in [6.45, 7) is 3.93. The summed E-state index contributed by atoms with van der Waals surface area (Å²) in [6, 6.07) is 12.7. The summed E-state index contributed by atoms with van der Waals surface area (Å²) < 4.78 is 0. The number of nitrogens with two attached hydrogens (primary N) is 1. The molecule has 3 rings (SSSR count). The summed E-state index contributed by atoms with van der Waals surface area (Å²) in [6.07, 6.45) is 1.22. The molecule has 0 saturated carbocycles. The van der Waals surface area contributed by atoms with Gasteiger partial charge in [0.2, 0.25) is 11.8 Å². The highest BCUT2D eigenvalue weighted by Crippen LogP contribution is 2.26. The molecule has 2 aromatic carbocycles. The molecule has 1 heterocycles. The van der Waals surface area contributed by atoms with E-state index in [1.165, 1.54) is 0 Å². The molecule has 2 amide bonds. The van der Waals surface area contributed by atoms with Gasteiger partial charge in [-0.15, -0.1) is 0 Å². The number of benzene rings is 2. The molecule has 2 aromatic rings. The van der Waals surface area contributed by atoms with E-state index in [-0.39, 0.29) is 17.9 Å². The molecule has 2 unspecified atom stereocenters. The standard InChI is InChI=1S/C20H23N3O2/c1-12-3-5-14(6-4-12)19(21)20(25)22-13(2)15-7-9-17-16(11-15)8-10-18(24)23-17/h3-7,9,11,13,19H,8,10,21H2,1-2H3,(H,22,25)(H,23,24). The van der Waals surface area contributed by atoms with Crippen LogP contribution < -0.4 is 16.4 Å². The Balaban J connectivity index is 1.69. The zero-order chi connectivity index (χ0) is 18.0. The normalized spacial score (nSPS) is 15.7. The Morgan fingerprint density at radius 3 is 2.52 bits per heavy atom. The van der Waals surface area contributed by atoms with Gasteiger partial charge in [0.05, 0.1) is 6.04 Å². The van der Waals surface area contributed by atoms with Crippen LogP contribution in [0.2, 0.25) is 0 Å². The third kappa shape index (κ3) is 3.88. The second-order valence-electron chi connectivity index (χ2n) is 6.58. The predicted octanol–water partition coefficient (Wildman–Crippen LogP) is 2.76. The van der Waals surface area contributed by atoms with Gasteiger partial charge in [0.1, 0.15) is 6.04 Å². The third-order valence-electron chi connectivity index (χ3n) is 4.60. The fourth-order valence-electron chi connectivity index (χ4n) is 2.98. The van der Waals surface area contributed by atoms with E-state index in [9.17, 15) is 9.59 Å². The van der Waals surface area contributed by atoms with E-state index in [1.807, 2.05) is 56.3 Å². The maximum Gasteiger partial charge on any atom is 0.241 e. The van der Waals surface area contributed by atoms with Crippen LogP contribution in [0.5, 0.6) is 0 Å². The molecule has 130 valence electrons. The molecule has 0 saturated heterocycles. The Labute approximate surface area is 147 Å². The number of aryl methyl sites for hydroxylation is 2. The van der Waals surface area contributed by atoms with E-state index in [2.05, 4.69) is 10.6 Å². The number of amides is 2. The lowest BCUT2D eigenvalue weighted by atomic mass is 9.97. The molecule has 0 radical (unpaired) electrons. The molecule has 0 aromatic heterocycles. The average molecular weight is 337 g/mol. The van der Waals surface area contributed by atoms with Crippen molar-refractivity contribution in [1.82, 2.24) is 5.32 Å². The van der Waals surface area contributed by atoms with E-state index in [4.69, 9.17) is 5.73 Å². The molecular formula is C20H23N3O2. The first-order valence-electron chi connectivity index (χ1n) is 8.49.